The Morgan fingerprint density at radius 2 is 1.95 bits per heavy atom. The summed E-state index contributed by atoms with van der Waals surface area (Å²) >= 11 is 0. The Morgan fingerprint density at radius 3 is 2.65 bits per heavy atom. The molecule has 1 amide bonds. The number of pyridine rings is 1. The summed E-state index contributed by atoms with van der Waals surface area (Å²) in [5, 5.41) is 3.78. The Labute approximate surface area is 115 Å². The molecule has 5 nitrogen and oxygen atoms in total. The SMILES string of the molecule is O=C(COc1ccc(F)cc1)N/N=C\c1ccncc1. The second-order valence-electron chi connectivity index (χ2n) is 3.82. The van der Waals surface area contributed by atoms with Gasteiger partial charge in [-0.05, 0) is 42.0 Å². The molecule has 1 heterocycles. The first-order chi connectivity index (χ1) is 9.74. The third-order valence-corrected chi connectivity index (χ3v) is 2.29. The lowest BCUT2D eigenvalue weighted by Gasteiger charge is -2.04. The van der Waals surface area contributed by atoms with Crippen LogP contribution in [0.4, 0.5) is 4.39 Å². The van der Waals surface area contributed by atoms with E-state index >= 15 is 0 Å². The molecule has 2 rings (SSSR count). The lowest BCUT2D eigenvalue weighted by atomic mass is 10.3. The van der Waals surface area contributed by atoms with Gasteiger partial charge >= 0.3 is 0 Å². The van der Waals surface area contributed by atoms with Gasteiger partial charge in [-0.1, -0.05) is 0 Å². The highest BCUT2D eigenvalue weighted by molar-refractivity contribution is 5.82. The number of ether oxygens (including phenoxy) is 1. The second kappa shape index (κ2) is 6.98. The van der Waals surface area contributed by atoms with Crippen LogP contribution in [0.2, 0.25) is 0 Å². The zero-order valence-corrected chi connectivity index (χ0v) is 10.5. The Balaban J connectivity index is 1.76. The van der Waals surface area contributed by atoms with Crippen molar-refractivity contribution in [3.63, 3.8) is 0 Å². The average Bonchev–Trinajstić information content (AvgIpc) is 2.48. The summed E-state index contributed by atoms with van der Waals surface area (Å²) in [6.45, 7) is -0.195. The van der Waals surface area contributed by atoms with Gasteiger partial charge in [-0.2, -0.15) is 5.10 Å². The molecule has 20 heavy (non-hydrogen) atoms. The second-order valence-corrected chi connectivity index (χ2v) is 3.82. The van der Waals surface area contributed by atoms with E-state index < -0.39 is 5.91 Å². The minimum absolute atomic E-state index is 0.195. The van der Waals surface area contributed by atoms with Gasteiger partial charge in [-0.3, -0.25) is 9.78 Å². The van der Waals surface area contributed by atoms with E-state index in [2.05, 4.69) is 15.5 Å². The summed E-state index contributed by atoms with van der Waals surface area (Å²) in [5.41, 5.74) is 3.14. The van der Waals surface area contributed by atoms with Gasteiger partial charge in [0.15, 0.2) is 6.61 Å². The molecule has 1 aromatic heterocycles. The standard InChI is InChI=1S/C14H12FN3O2/c15-12-1-3-13(4-2-12)20-10-14(19)18-17-9-11-5-7-16-8-6-11/h1-9H,10H2,(H,18,19)/b17-9-. The fourth-order valence-electron chi connectivity index (χ4n) is 1.34. The van der Waals surface area contributed by atoms with Gasteiger partial charge in [0.1, 0.15) is 11.6 Å². The molecule has 0 fully saturated rings. The van der Waals surface area contributed by atoms with Crippen molar-refractivity contribution in [2.75, 3.05) is 6.61 Å². The van der Waals surface area contributed by atoms with E-state index in [0.29, 0.717) is 5.75 Å². The van der Waals surface area contributed by atoms with Crippen LogP contribution in [0.15, 0.2) is 53.9 Å². The van der Waals surface area contributed by atoms with Gasteiger partial charge < -0.3 is 4.74 Å². The average molecular weight is 273 g/mol. The molecular weight excluding hydrogens is 261 g/mol. The van der Waals surface area contributed by atoms with Gasteiger partial charge in [0.25, 0.3) is 5.91 Å². The van der Waals surface area contributed by atoms with Crippen molar-refractivity contribution in [2.45, 2.75) is 0 Å². The lowest BCUT2D eigenvalue weighted by molar-refractivity contribution is -0.123. The van der Waals surface area contributed by atoms with Crippen molar-refractivity contribution in [2.24, 2.45) is 5.10 Å². The van der Waals surface area contributed by atoms with Crippen LogP contribution in [0.25, 0.3) is 0 Å². The predicted octanol–water partition coefficient (Wildman–Crippen LogP) is 1.75. The minimum Gasteiger partial charge on any atom is -0.484 e. The molecule has 2 aromatic rings. The summed E-state index contributed by atoms with van der Waals surface area (Å²) < 4.78 is 17.8. The van der Waals surface area contributed by atoms with Crippen LogP contribution in [0.5, 0.6) is 5.75 Å². The quantitative estimate of drug-likeness (QED) is 0.666. The highest BCUT2D eigenvalue weighted by Crippen LogP contribution is 2.10. The first kappa shape index (κ1) is 13.7. The number of rotatable bonds is 5. The smallest absolute Gasteiger partial charge is 0.277 e. The van der Waals surface area contributed by atoms with Gasteiger partial charge in [0.2, 0.25) is 0 Å². The van der Waals surface area contributed by atoms with Crippen molar-refractivity contribution in [3.8, 4) is 5.75 Å². The third kappa shape index (κ3) is 4.49. The van der Waals surface area contributed by atoms with Crippen LogP contribution in [0.1, 0.15) is 5.56 Å². The number of nitrogens with zero attached hydrogens (tertiary/aromatic N) is 2. The number of carbonyl (C=O) groups is 1. The number of benzene rings is 1. The maximum Gasteiger partial charge on any atom is 0.277 e. The molecule has 0 spiro atoms. The van der Waals surface area contributed by atoms with Crippen LogP contribution in [-0.4, -0.2) is 23.7 Å². The molecule has 1 aromatic carbocycles. The summed E-state index contributed by atoms with van der Waals surface area (Å²) in [4.78, 5) is 15.3. The van der Waals surface area contributed by atoms with E-state index in [0.717, 1.165) is 5.56 Å². The molecule has 0 aliphatic rings. The number of hydrazone groups is 1. The van der Waals surface area contributed by atoms with E-state index in [1.165, 1.54) is 30.5 Å². The van der Waals surface area contributed by atoms with Gasteiger partial charge in [0, 0.05) is 12.4 Å². The number of aromatic nitrogens is 1. The highest BCUT2D eigenvalue weighted by atomic mass is 19.1. The van der Waals surface area contributed by atoms with E-state index in [-0.39, 0.29) is 12.4 Å². The zero-order chi connectivity index (χ0) is 14.2. The van der Waals surface area contributed by atoms with E-state index in [4.69, 9.17) is 4.74 Å². The molecule has 1 N–H and O–H groups in total. The van der Waals surface area contributed by atoms with E-state index in [9.17, 15) is 9.18 Å². The number of hydrogen-bond donors (Lipinski definition) is 1. The van der Waals surface area contributed by atoms with Gasteiger partial charge in [0.05, 0.1) is 6.21 Å². The molecule has 0 bridgehead atoms. The number of carbonyl (C=O) groups excluding carboxylic acids is 1. The third-order valence-electron chi connectivity index (χ3n) is 2.29. The Kier molecular flexibility index (Phi) is 4.77. The van der Waals surface area contributed by atoms with Gasteiger partial charge in [-0.25, -0.2) is 9.82 Å². The maximum atomic E-state index is 12.7. The number of hydrogen-bond acceptors (Lipinski definition) is 4. The molecule has 0 unspecified atom stereocenters. The predicted molar refractivity (Wildman–Crippen MR) is 71.9 cm³/mol. The van der Waals surface area contributed by atoms with Crippen LogP contribution in [0.3, 0.4) is 0 Å². The van der Waals surface area contributed by atoms with Crippen LogP contribution in [-0.2, 0) is 4.79 Å². The highest BCUT2D eigenvalue weighted by Gasteiger charge is 2.01. The number of nitrogens with one attached hydrogen (secondary N) is 1. The lowest BCUT2D eigenvalue weighted by Crippen LogP contribution is -2.24. The van der Waals surface area contributed by atoms with Crippen LogP contribution >= 0.6 is 0 Å². The van der Waals surface area contributed by atoms with E-state index in [1.54, 1.807) is 24.5 Å². The topological polar surface area (TPSA) is 63.6 Å². The summed E-state index contributed by atoms with van der Waals surface area (Å²) in [6, 6.07) is 8.92. The van der Waals surface area contributed by atoms with Crippen molar-refractivity contribution in [3.05, 3.63) is 60.2 Å². The summed E-state index contributed by atoms with van der Waals surface area (Å²) in [5.74, 6) is -0.344. The Hall–Kier alpha value is -2.76. The molecule has 0 aliphatic heterocycles. The summed E-state index contributed by atoms with van der Waals surface area (Å²) in [6.07, 6.45) is 4.75. The zero-order valence-electron chi connectivity index (χ0n) is 10.5. The summed E-state index contributed by atoms with van der Waals surface area (Å²) in [7, 11) is 0. The molecule has 6 heteroatoms. The van der Waals surface area contributed by atoms with Crippen molar-refractivity contribution >= 4 is 12.1 Å². The van der Waals surface area contributed by atoms with Crippen molar-refractivity contribution < 1.29 is 13.9 Å². The number of amides is 1. The molecule has 0 atom stereocenters. The molecule has 0 saturated carbocycles. The molecule has 102 valence electrons. The largest absolute Gasteiger partial charge is 0.484 e. The molecule has 0 saturated heterocycles. The first-order valence-electron chi connectivity index (χ1n) is 5.84. The first-order valence-corrected chi connectivity index (χ1v) is 5.84. The monoisotopic (exact) mass is 273 g/mol. The fourth-order valence-corrected chi connectivity index (χ4v) is 1.34. The van der Waals surface area contributed by atoms with Crippen molar-refractivity contribution in [1.29, 1.82) is 0 Å². The van der Waals surface area contributed by atoms with Crippen molar-refractivity contribution in [1.82, 2.24) is 10.4 Å². The molecule has 0 aliphatic carbocycles. The van der Waals surface area contributed by atoms with Gasteiger partial charge in [-0.15, -0.1) is 0 Å². The van der Waals surface area contributed by atoms with E-state index in [1.807, 2.05) is 0 Å². The maximum absolute atomic E-state index is 12.7. The Bertz CT molecular complexity index is 585. The van der Waals surface area contributed by atoms with Crippen LogP contribution in [0, 0.1) is 5.82 Å². The van der Waals surface area contributed by atoms with Crippen LogP contribution < -0.4 is 10.2 Å². The Morgan fingerprint density at radius 1 is 1.25 bits per heavy atom. The molecule has 0 radical (unpaired) electrons. The normalized spacial score (nSPS) is 10.4. The fraction of sp³-hybridized carbons (Fsp3) is 0.0714. The minimum atomic E-state index is -0.403. The molecular formula is C14H12FN3O2. The number of halogens is 1.